The molecule has 0 aliphatic rings. The van der Waals surface area contributed by atoms with Gasteiger partial charge < -0.3 is 14.8 Å². The van der Waals surface area contributed by atoms with Crippen molar-refractivity contribution < 1.29 is 19.1 Å². The van der Waals surface area contributed by atoms with E-state index in [0.717, 1.165) is 6.42 Å². The van der Waals surface area contributed by atoms with Crippen molar-refractivity contribution in [3.05, 3.63) is 65.2 Å². The number of benzene rings is 2. The summed E-state index contributed by atoms with van der Waals surface area (Å²) in [6, 6.07) is 16.1. The number of carbonyl (C=O) groups is 2. The van der Waals surface area contributed by atoms with Gasteiger partial charge in [0.25, 0.3) is 5.91 Å². The van der Waals surface area contributed by atoms with Gasteiger partial charge in [-0.25, -0.2) is 4.79 Å². The topological polar surface area (TPSA) is 88.4 Å². The Morgan fingerprint density at radius 1 is 1.07 bits per heavy atom. The van der Waals surface area contributed by atoms with Gasteiger partial charge >= 0.3 is 5.97 Å². The highest BCUT2D eigenvalue weighted by molar-refractivity contribution is 6.09. The molecular formula is C22H22N2O4. The van der Waals surface area contributed by atoms with Crippen LogP contribution in [0.5, 0.6) is 5.75 Å². The molecule has 0 radical (unpaired) electrons. The molecule has 6 heteroatoms. The molecule has 0 spiro atoms. The van der Waals surface area contributed by atoms with Crippen molar-refractivity contribution in [1.29, 1.82) is 5.26 Å². The van der Waals surface area contributed by atoms with Crippen molar-refractivity contribution in [3.63, 3.8) is 0 Å². The molecule has 0 atom stereocenters. The first-order valence-electron chi connectivity index (χ1n) is 8.96. The van der Waals surface area contributed by atoms with Crippen LogP contribution in [0.15, 0.2) is 54.1 Å². The molecule has 0 unspecified atom stereocenters. The second-order valence-electron chi connectivity index (χ2n) is 5.84. The van der Waals surface area contributed by atoms with Crippen LogP contribution in [0.1, 0.15) is 25.0 Å². The van der Waals surface area contributed by atoms with Gasteiger partial charge in [-0.3, -0.25) is 4.79 Å². The molecule has 1 amide bonds. The fourth-order valence-corrected chi connectivity index (χ4v) is 2.34. The highest BCUT2D eigenvalue weighted by Crippen LogP contribution is 2.16. The average molecular weight is 378 g/mol. The van der Waals surface area contributed by atoms with Crippen molar-refractivity contribution in [2.45, 2.75) is 20.3 Å². The zero-order valence-electron chi connectivity index (χ0n) is 15.9. The molecule has 28 heavy (non-hydrogen) atoms. The number of carbonyl (C=O) groups excluding carboxylic acids is 2. The fraction of sp³-hybridized carbons (Fsp3) is 0.227. The lowest BCUT2D eigenvalue weighted by molar-refractivity contribution is -0.145. The van der Waals surface area contributed by atoms with Crippen molar-refractivity contribution in [1.82, 2.24) is 0 Å². The highest BCUT2D eigenvalue weighted by Gasteiger charge is 2.10. The van der Waals surface area contributed by atoms with Crippen molar-refractivity contribution in [3.8, 4) is 11.8 Å². The predicted molar refractivity (Wildman–Crippen MR) is 107 cm³/mol. The molecule has 0 aromatic heterocycles. The van der Waals surface area contributed by atoms with Crippen LogP contribution in [0, 0.1) is 11.3 Å². The maximum atomic E-state index is 12.3. The Hall–Kier alpha value is -3.59. The third kappa shape index (κ3) is 6.29. The lowest BCUT2D eigenvalue weighted by Gasteiger charge is -2.07. The van der Waals surface area contributed by atoms with Gasteiger partial charge in [0.1, 0.15) is 17.4 Å². The van der Waals surface area contributed by atoms with E-state index >= 15 is 0 Å². The van der Waals surface area contributed by atoms with E-state index in [0.29, 0.717) is 23.6 Å². The quantitative estimate of drug-likeness (QED) is 0.429. The van der Waals surface area contributed by atoms with E-state index in [1.54, 1.807) is 43.3 Å². The number of rotatable bonds is 8. The Bertz CT molecular complexity index is 878. The molecular weight excluding hydrogens is 356 g/mol. The van der Waals surface area contributed by atoms with Crippen molar-refractivity contribution in [2.75, 3.05) is 18.5 Å². The molecule has 2 aromatic carbocycles. The summed E-state index contributed by atoms with van der Waals surface area (Å²) in [5.41, 5.74) is 2.45. The van der Waals surface area contributed by atoms with Crippen molar-refractivity contribution in [2.24, 2.45) is 0 Å². The zero-order chi connectivity index (χ0) is 20.4. The van der Waals surface area contributed by atoms with Crippen LogP contribution >= 0.6 is 0 Å². The summed E-state index contributed by atoms with van der Waals surface area (Å²) < 4.78 is 10.1. The van der Waals surface area contributed by atoms with E-state index in [-0.39, 0.29) is 12.2 Å². The monoisotopic (exact) mass is 378 g/mol. The third-order valence-corrected chi connectivity index (χ3v) is 3.84. The summed E-state index contributed by atoms with van der Waals surface area (Å²) in [4.78, 5) is 23.6. The number of amides is 1. The van der Waals surface area contributed by atoms with Gasteiger partial charge in [0.2, 0.25) is 0 Å². The number of ether oxygens (including phenoxy) is 2. The molecule has 6 nitrogen and oxygen atoms in total. The number of aryl methyl sites for hydroxylation is 1. The normalized spacial score (nSPS) is 10.7. The van der Waals surface area contributed by atoms with Gasteiger partial charge in [-0.05, 0) is 54.8 Å². The van der Waals surface area contributed by atoms with Crippen LogP contribution in [-0.2, 0) is 20.7 Å². The van der Waals surface area contributed by atoms with Gasteiger partial charge in [0, 0.05) is 5.69 Å². The number of hydrogen-bond donors (Lipinski definition) is 1. The molecule has 1 N–H and O–H groups in total. The summed E-state index contributed by atoms with van der Waals surface area (Å²) in [6.07, 6.45) is 2.40. The van der Waals surface area contributed by atoms with Crippen LogP contribution in [0.2, 0.25) is 0 Å². The minimum atomic E-state index is -0.477. The minimum absolute atomic E-state index is 0.0141. The molecule has 144 valence electrons. The smallest absolute Gasteiger partial charge is 0.344 e. The maximum absolute atomic E-state index is 12.3. The summed E-state index contributed by atoms with van der Waals surface area (Å²) in [5, 5.41) is 12.0. The van der Waals surface area contributed by atoms with E-state index in [4.69, 9.17) is 9.47 Å². The number of nitrogens with one attached hydrogen (secondary N) is 1. The lowest BCUT2D eigenvalue weighted by atomic mass is 10.1. The second kappa shape index (κ2) is 10.5. The van der Waals surface area contributed by atoms with Gasteiger partial charge in [-0.15, -0.1) is 0 Å². The van der Waals surface area contributed by atoms with E-state index in [1.807, 2.05) is 18.2 Å². The highest BCUT2D eigenvalue weighted by atomic mass is 16.6. The van der Waals surface area contributed by atoms with Gasteiger partial charge in [-0.2, -0.15) is 5.26 Å². The molecule has 2 aromatic rings. The fourth-order valence-electron chi connectivity index (χ4n) is 2.34. The molecule has 0 heterocycles. The maximum Gasteiger partial charge on any atom is 0.344 e. The molecule has 0 aliphatic carbocycles. The largest absolute Gasteiger partial charge is 0.482 e. The van der Waals surface area contributed by atoms with Crippen LogP contribution < -0.4 is 10.1 Å². The predicted octanol–water partition coefficient (Wildman–Crippen LogP) is 3.74. The summed E-state index contributed by atoms with van der Waals surface area (Å²) in [7, 11) is 0. The Labute approximate surface area is 164 Å². The van der Waals surface area contributed by atoms with Crippen LogP contribution in [0.25, 0.3) is 6.08 Å². The first-order chi connectivity index (χ1) is 13.5. The van der Waals surface area contributed by atoms with Crippen LogP contribution in [0.3, 0.4) is 0 Å². The molecule has 0 saturated carbocycles. The average Bonchev–Trinajstić information content (AvgIpc) is 2.72. The van der Waals surface area contributed by atoms with E-state index in [9.17, 15) is 14.9 Å². The number of nitrogens with zero attached hydrogens (tertiary/aromatic N) is 1. The van der Waals surface area contributed by atoms with Gasteiger partial charge in [0.15, 0.2) is 6.61 Å². The number of esters is 1. The van der Waals surface area contributed by atoms with E-state index in [2.05, 4.69) is 12.2 Å². The Balaban J connectivity index is 2.01. The Morgan fingerprint density at radius 2 is 1.75 bits per heavy atom. The molecule has 0 bridgehead atoms. The van der Waals surface area contributed by atoms with Crippen LogP contribution in [-0.4, -0.2) is 25.1 Å². The first-order valence-corrected chi connectivity index (χ1v) is 8.96. The van der Waals surface area contributed by atoms with Crippen molar-refractivity contribution >= 4 is 23.6 Å². The van der Waals surface area contributed by atoms with E-state index < -0.39 is 11.9 Å². The first kappa shape index (κ1) is 20.7. The summed E-state index contributed by atoms with van der Waals surface area (Å²) >= 11 is 0. The summed E-state index contributed by atoms with van der Waals surface area (Å²) in [6.45, 7) is 3.90. The standard InChI is InChI=1S/C22H22N2O4/c1-3-16-5-9-19(10-6-16)24-22(26)18(14-23)13-17-7-11-20(12-8-17)28-15-21(25)27-4-2/h5-13H,3-4,15H2,1-2H3,(H,24,26)/b18-13+. The number of hydrogen-bond acceptors (Lipinski definition) is 5. The SMILES string of the molecule is CCOC(=O)COc1ccc(/C=C(\C#N)C(=O)Nc2ccc(CC)cc2)cc1. The van der Waals surface area contributed by atoms with Gasteiger partial charge in [0.05, 0.1) is 6.61 Å². The lowest BCUT2D eigenvalue weighted by Crippen LogP contribution is -2.14. The molecule has 0 saturated heterocycles. The number of anilines is 1. The Kier molecular flexibility index (Phi) is 7.79. The molecule has 2 rings (SSSR count). The molecule has 0 aliphatic heterocycles. The minimum Gasteiger partial charge on any atom is -0.482 e. The van der Waals surface area contributed by atoms with Crippen LogP contribution in [0.4, 0.5) is 5.69 Å². The summed E-state index contributed by atoms with van der Waals surface area (Å²) in [5.74, 6) is -0.430. The Morgan fingerprint density at radius 3 is 2.32 bits per heavy atom. The molecule has 0 fully saturated rings. The van der Waals surface area contributed by atoms with E-state index in [1.165, 1.54) is 11.6 Å². The number of nitriles is 1. The zero-order valence-corrected chi connectivity index (χ0v) is 15.9. The second-order valence-corrected chi connectivity index (χ2v) is 5.84. The third-order valence-electron chi connectivity index (χ3n) is 3.84. The van der Waals surface area contributed by atoms with Gasteiger partial charge in [-0.1, -0.05) is 31.2 Å².